The minimum absolute atomic E-state index is 0.0751. The van der Waals surface area contributed by atoms with E-state index in [2.05, 4.69) is 14.7 Å². The van der Waals surface area contributed by atoms with Gasteiger partial charge in [0.05, 0.1) is 19.2 Å². The van der Waals surface area contributed by atoms with Crippen LogP contribution >= 0.6 is 11.6 Å². The number of hydrogen-bond acceptors (Lipinski definition) is 5. The van der Waals surface area contributed by atoms with Gasteiger partial charge in [0.2, 0.25) is 5.88 Å². The summed E-state index contributed by atoms with van der Waals surface area (Å²) in [6.07, 6.45) is 1.96. The van der Waals surface area contributed by atoms with Crippen LogP contribution in [0.15, 0.2) is 40.8 Å². The molecule has 1 amide bonds. The van der Waals surface area contributed by atoms with E-state index in [1.54, 1.807) is 18.2 Å². The Morgan fingerprint density at radius 3 is 2.77 bits per heavy atom. The van der Waals surface area contributed by atoms with Crippen LogP contribution in [0.1, 0.15) is 28.8 Å². The third-order valence-corrected chi connectivity index (χ3v) is 6.86. The van der Waals surface area contributed by atoms with Crippen molar-refractivity contribution in [2.24, 2.45) is 4.36 Å². The summed E-state index contributed by atoms with van der Waals surface area (Å²) < 4.78 is 21.8. The number of amides is 1. The van der Waals surface area contributed by atoms with Crippen molar-refractivity contribution in [3.05, 3.63) is 52.7 Å². The molecule has 8 heteroatoms. The smallest absolute Gasteiger partial charge is 0.258 e. The Bertz CT molecular complexity index is 927. The van der Waals surface area contributed by atoms with E-state index in [0.29, 0.717) is 29.6 Å². The van der Waals surface area contributed by atoms with Crippen LogP contribution in [0, 0.1) is 0 Å². The molecule has 2 heterocycles. The van der Waals surface area contributed by atoms with Crippen molar-refractivity contribution in [1.82, 2.24) is 4.98 Å². The fourth-order valence-electron chi connectivity index (χ4n) is 2.73. The summed E-state index contributed by atoms with van der Waals surface area (Å²) in [7, 11) is -0.563. The minimum Gasteiger partial charge on any atom is -0.481 e. The Balaban J connectivity index is 1.72. The highest BCUT2D eigenvalue weighted by Gasteiger charge is 2.16. The number of carbonyl (C=O) groups excluding carboxylic acids is 1. The van der Waals surface area contributed by atoms with Crippen molar-refractivity contribution >= 4 is 32.9 Å². The van der Waals surface area contributed by atoms with Crippen molar-refractivity contribution < 1.29 is 13.7 Å². The molecule has 0 radical (unpaired) electrons. The number of aromatic nitrogens is 1. The second-order valence-electron chi connectivity index (χ2n) is 6.02. The Labute approximate surface area is 158 Å². The van der Waals surface area contributed by atoms with Gasteiger partial charge in [-0.05, 0) is 36.6 Å². The number of nitrogens with one attached hydrogen (secondary N) is 1. The largest absolute Gasteiger partial charge is 0.481 e. The second kappa shape index (κ2) is 8.05. The maximum absolute atomic E-state index is 12.4. The Morgan fingerprint density at radius 1 is 1.31 bits per heavy atom. The van der Waals surface area contributed by atoms with Gasteiger partial charge in [0.25, 0.3) is 5.91 Å². The van der Waals surface area contributed by atoms with Gasteiger partial charge in [-0.25, -0.2) is 13.6 Å². The fourth-order valence-corrected chi connectivity index (χ4v) is 5.11. The van der Waals surface area contributed by atoms with Gasteiger partial charge in [-0.1, -0.05) is 23.7 Å². The summed E-state index contributed by atoms with van der Waals surface area (Å²) in [5.41, 5.74) is 1.78. The van der Waals surface area contributed by atoms with E-state index in [1.807, 2.05) is 18.2 Å². The van der Waals surface area contributed by atoms with E-state index in [0.717, 1.165) is 18.4 Å². The molecule has 2 aromatic rings. The zero-order valence-electron chi connectivity index (χ0n) is 14.4. The van der Waals surface area contributed by atoms with E-state index >= 15 is 0 Å². The normalized spacial score (nSPS) is 15.5. The van der Waals surface area contributed by atoms with Crippen molar-refractivity contribution in [1.29, 1.82) is 0 Å². The average molecular weight is 394 g/mol. The van der Waals surface area contributed by atoms with Gasteiger partial charge in [0.1, 0.15) is 5.15 Å². The van der Waals surface area contributed by atoms with Gasteiger partial charge in [-0.15, -0.1) is 0 Å². The highest BCUT2D eigenvalue weighted by molar-refractivity contribution is 7.93. The van der Waals surface area contributed by atoms with E-state index in [-0.39, 0.29) is 16.6 Å². The van der Waals surface area contributed by atoms with Gasteiger partial charge in [0, 0.05) is 33.0 Å². The van der Waals surface area contributed by atoms with E-state index in [4.69, 9.17) is 16.3 Å². The average Bonchev–Trinajstić information content (AvgIpc) is 3.07. The van der Waals surface area contributed by atoms with Crippen molar-refractivity contribution in [3.63, 3.8) is 0 Å². The summed E-state index contributed by atoms with van der Waals surface area (Å²) >= 11 is 6.04. The van der Waals surface area contributed by atoms with E-state index in [9.17, 15) is 9.00 Å². The number of halogens is 1. The molecule has 1 aliphatic heterocycles. The number of nitrogens with zero attached hydrogens (tertiary/aromatic N) is 2. The molecule has 0 unspecified atom stereocenters. The van der Waals surface area contributed by atoms with Crippen LogP contribution in [0.5, 0.6) is 5.88 Å². The predicted molar refractivity (Wildman–Crippen MR) is 103 cm³/mol. The van der Waals surface area contributed by atoms with Crippen molar-refractivity contribution in [2.45, 2.75) is 19.4 Å². The minimum atomic E-state index is -2.04. The Hall–Kier alpha value is -2.12. The molecule has 1 aromatic carbocycles. The molecule has 1 fully saturated rings. The maximum atomic E-state index is 12.4. The molecule has 138 valence electrons. The first-order chi connectivity index (χ1) is 12.5. The molecule has 1 aliphatic rings. The van der Waals surface area contributed by atoms with Crippen LogP contribution in [-0.2, 0) is 16.3 Å². The van der Waals surface area contributed by atoms with Crippen LogP contribution in [0.4, 0.5) is 5.69 Å². The van der Waals surface area contributed by atoms with Crippen LogP contribution < -0.4 is 10.1 Å². The molecule has 0 atom stereocenters. The van der Waals surface area contributed by atoms with Crippen molar-refractivity contribution in [3.8, 4) is 5.88 Å². The first-order valence-electron chi connectivity index (χ1n) is 8.28. The molecule has 1 aromatic heterocycles. The summed E-state index contributed by atoms with van der Waals surface area (Å²) in [5, 5.41) is 2.87. The third-order valence-electron chi connectivity index (χ3n) is 4.12. The predicted octanol–water partition coefficient (Wildman–Crippen LogP) is 3.76. The molecule has 26 heavy (non-hydrogen) atoms. The molecular weight excluding hydrogens is 374 g/mol. The zero-order valence-corrected chi connectivity index (χ0v) is 16.0. The number of pyridine rings is 1. The zero-order chi connectivity index (χ0) is 18.6. The Morgan fingerprint density at radius 2 is 2.08 bits per heavy atom. The highest BCUT2D eigenvalue weighted by atomic mass is 35.5. The van der Waals surface area contributed by atoms with Crippen LogP contribution in [0.25, 0.3) is 0 Å². The van der Waals surface area contributed by atoms with Crippen LogP contribution in [0.3, 0.4) is 0 Å². The first kappa shape index (κ1) is 18.7. The lowest BCUT2D eigenvalue weighted by atomic mass is 10.2. The number of benzene rings is 1. The third kappa shape index (κ3) is 4.53. The highest BCUT2D eigenvalue weighted by Crippen LogP contribution is 2.20. The van der Waals surface area contributed by atoms with Gasteiger partial charge >= 0.3 is 0 Å². The summed E-state index contributed by atoms with van der Waals surface area (Å²) in [6.45, 7) is 0.382. The van der Waals surface area contributed by atoms with Crippen LogP contribution in [0.2, 0.25) is 5.15 Å². The molecule has 1 saturated heterocycles. The summed E-state index contributed by atoms with van der Waals surface area (Å²) in [5.74, 6) is 1.36. The number of anilines is 1. The summed E-state index contributed by atoms with van der Waals surface area (Å²) in [4.78, 5) is 16.4. The maximum Gasteiger partial charge on any atom is 0.258 e. The van der Waals surface area contributed by atoms with Gasteiger partial charge in [-0.3, -0.25) is 4.79 Å². The molecule has 3 rings (SSSR count). The molecular formula is C18H20ClN3O3S. The van der Waals surface area contributed by atoms with Crippen LogP contribution in [-0.4, -0.2) is 33.7 Å². The first-order valence-corrected chi connectivity index (χ1v) is 10.5. The SMILES string of the molecule is COc1ccc(C(=O)Nc2cccc(CN=S3(=O)CCCC3)c2)c(Cl)n1. The molecule has 0 aliphatic carbocycles. The molecule has 1 N–H and O–H groups in total. The number of methoxy groups -OCH3 is 1. The van der Waals surface area contributed by atoms with E-state index in [1.165, 1.54) is 7.11 Å². The molecule has 6 nitrogen and oxygen atoms in total. The molecule has 0 bridgehead atoms. The quantitative estimate of drug-likeness (QED) is 0.784. The van der Waals surface area contributed by atoms with Gasteiger partial charge in [0.15, 0.2) is 0 Å². The van der Waals surface area contributed by atoms with Gasteiger partial charge < -0.3 is 10.1 Å². The number of hydrogen-bond donors (Lipinski definition) is 1. The van der Waals surface area contributed by atoms with Crippen molar-refractivity contribution in [2.75, 3.05) is 23.9 Å². The lowest BCUT2D eigenvalue weighted by Gasteiger charge is -2.09. The molecule has 0 saturated carbocycles. The number of ether oxygens (including phenoxy) is 1. The number of carbonyl (C=O) groups is 1. The second-order valence-corrected chi connectivity index (χ2v) is 9.00. The lowest BCUT2D eigenvalue weighted by Crippen LogP contribution is -2.13. The fraction of sp³-hybridized carbons (Fsp3) is 0.333. The molecule has 0 spiro atoms. The summed E-state index contributed by atoms with van der Waals surface area (Å²) in [6, 6.07) is 10.5. The Kier molecular flexibility index (Phi) is 5.78. The van der Waals surface area contributed by atoms with Gasteiger partial charge in [-0.2, -0.15) is 0 Å². The lowest BCUT2D eigenvalue weighted by molar-refractivity contribution is 0.102. The van der Waals surface area contributed by atoms with E-state index < -0.39 is 9.73 Å². The topological polar surface area (TPSA) is 80.6 Å². The standard InChI is InChI=1S/C18H20ClN3O3S/c1-25-16-8-7-15(17(19)22-16)18(23)21-14-6-4-5-13(11-14)12-20-26(24)9-2-3-10-26/h4-8,11H,2-3,9-10,12H2,1H3,(H,21,23). The monoisotopic (exact) mass is 393 g/mol. The number of rotatable bonds is 5.